The number of hydrogen-bond acceptors (Lipinski definition) is 4. The Bertz CT molecular complexity index is 1360. The van der Waals surface area contributed by atoms with Crippen LogP contribution in [0.3, 0.4) is 0 Å². The van der Waals surface area contributed by atoms with Gasteiger partial charge in [0.2, 0.25) is 0 Å². The van der Waals surface area contributed by atoms with E-state index in [4.69, 9.17) is 0 Å². The molecule has 0 spiro atoms. The summed E-state index contributed by atoms with van der Waals surface area (Å²) in [7, 11) is 0. The third-order valence-electron chi connectivity index (χ3n) is 5.79. The Morgan fingerprint density at radius 3 is 1.76 bits per heavy atom. The van der Waals surface area contributed by atoms with Crippen LogP contribution in [0.1, 0.15) is 11.1 Å². The van der Waals surface area contributed by atoms with Crippen molar-refractivity contribution >= 4 is 22.4 Å². The number of hydrogen-bond donors (Lipinski definition) is 2. The van der Waals surface area contributed by atoms with Crippen molar-refractivity contribution < 1.29 is 16.1 Å². The Labute approximate surface area is 198 Å². The van der Waals surface area contributed by atoms with Crippen LogP contribution in [0, 0.1) is 13.8 Å². The molecule has 0 fully saturated rings. The second kappa shape index (κ2) is 10.1. The van der Waals surface area contributed by atoms with E-state index in [1.54, 1.807) is 6.33 Å². The summed E-state index contributed by atoms with van der Waals surface area (Å²) in [6.45, 7) is 4.18. The van der Waals surface area contributed by atoms with Gasteiger partial charge in [0.05, 0.1) is 5.52 Å². The highest BCUT2D eigenvalue weighted by Gasteiger charge is 2.15. The molecule has 0 aliphatic heterocycles. The summed E-state index contributed by atoms with van der Waals surface area (Å²) in [6, 6.07) is 28.0. The molecule has 6 heteroatoms. The molecule has 0 saturated carbocycles. The van der Waals surface area contributed by atoms with Crippen LogP contribution in [-0.2, 0) is 0 Å². The van der Waals surface area contributed by atoms with E-state index in [1.807, 2.05) is 72.8 Å². The average molecular weight is 454 g/mol. The Balaban J connectivity index is 0.00000162. The first-order valence-corrected chi connectivity index (χ1v) is 10.6. The fraction of sp³-hybridized carbons (Fsp3) is 0.0714. The lowest BCUT2D eigenvalue weighted by Gasteiger charge is -2.16. The molecule has 6 nitrogen and oxygen atoms in total. The first kappa shape index (κ1) is 24.4. The molecule has 4 aromatic carbocycles. The summed E-state index contributed by atoms with van der Waals surface area (Å²) < 4.78 is 0. The standard InChI is InChI=1S/C28H23N3O.2H2O/c1-18-13-25-26(14-19(18)2)29-17-30-28(25)31-22-15-23(20-9-5-3-6-10-20)27(32)24(16-22)21-11-7-4-8-12-21;;/h3-17,32H,1-2H3,(H,29,30,31);2*1H2. The number of aromatic nitrogens is 2. The molecule has 5 rings (SSSR count). The number of rotatable bonds is 4. The van der Waals surface area contributed by atoms with Gasteiger partial charge in [-0.1, -0.05) is 60.7 Å². The van der Waals surface area contributed by atoms with E-state index in [0.29, 0.717) is 0 Å². The Morgan fingerprint density at radius 2 is 1.21 bits per heavy atom. The van der Waals surface area contributed by atoms with Gasteiger partial charge in [0, 0.05) is 22.2 Å². The number of aromatic hydroxyl groups is 1. The number of aryl methyl sites for hydroxylation is 2. The number of fused-ring (bicyclic) bond motifs is 1. The highest BCUT2D eigenvalue weighted by molar-refractivity contribution is 5.93. The highest BCUT2D eigenvalue weighted by Crippen LogP contribution is 2.41. The number of nitrogens with zero attached hydrogens (tertiary/aromatic N) is 2. The van der Waals surface area contributed by atoms with Gasteiger partial charge in [-0.2, -0.15) is 0 Å². The molecule has 6 N–H and O–H groups in total. The predicted octanol–water partition coefficient (Wildman–Crippen LogP) is 5.38. The zero-order valence-electron chi connectivity index (χ0n) is 19.0. The van der Waals surface area contributed by atoms with Crippen molar-refractivity contribution in [2.24, 2.45) is 0 Å². The molecule has 1 heterocycles. The van der Waals surface area contributed by atoms with E-state index in [-0.39, 0.29) is 16.7 Å². The minimum Gasteiger partial charge on any atom is -0.507 e. The molecule has 0 atom stereocenters. The second-order valence-electron chi connectivity index (χ2n) is 7.95. The van der Waals surface area contributed by atoms with Crippen LogP contribution in [0.15, 0.2) is 91.3 Å². The first-order valence-electron chi connectivity index (χ1n) is 10.6. The van der Waals surface area contributed by atoms with Crippen LogP contribution in [0.4, 0.5) is 11.5 Å². The number of anilines is 2. The summed E-state index contributed by atoms with van der Waals surface area (Å²) in [5, 5.41) is 15.6. The fourth-order valence-corrected chi connectivity index (χ4v) is 3.93. The number of phenolic OH excluding ortho intramolecular Hbond substituents is 1. The fourth-order valence-electron chi connectivity index (χ4n) is 3.93. The van der Waals surface area contributed by atoms with Gasteiger partial charge in [-0.05, 0) is 60.4 Å². The minimum atomic E-state index is 0. The van der Waals surface area contributed by atoms with Gasteiger partial charge in [-0.3, -0.25) is 0 Å². The predicted molar refractivity (Wildman–Crippen MR) is 139 cm³/mol. The average Bonchev–Trinajstić information content (AvgIpc) is 2.82. The lowest BCUT2D eigenvalue weighted by Crippen LogP contribution is -1.98. The monoisotopic (exact) mass is 453 g/mol. The summed E-state index contributed by atoms with van der Waals surface area (Å²) >= 11 is 0. The van der Waals surface area contributed by atoms with E-state index >= 15 is 0 Å². The quantitative estimate of drug-likeness (QED) is 0.355. The van der Waals surface area contributed by atoms with Crippen LogP contribution in [0.25, 0.3) is 33.2 Å². The molecule has 0 unspecified atom stereocenters. The van der Waals surface area contributed by atoms with Crippen molar-refractivity contribution in [3.63, 3.8) is 0 Å². The normalized spacial score (nSPS) is 10.3. The Morgan fingerprint density at radius 1 is 0.676 bits per heavy atom. The smallest absolute Gasteiger partial charge is 0.141 e. The number of benzene rings is 4. The van der Waals surface area contributed by atoms with Crippen molar-refractivity contribution in [3.8, 4) is 28.0 Å². The third kappa shape index (κ3) is 4.59. The van der Waals surface area contributed by atoms with Crippen molar-refractivity contribution in [2.45, 2.75) is 13.8 Å². The summed E-state index contributed by atoms with van der Waals surface area (Å²) in [4.78, 5) is 8.95. The van der Waals surface area contributed by atoms with E-state index in [9.17, 15) is 5.11 Å². The van der Waals surface area contributed by atoms with Gasteiger partial charge < -0.3 is 21.4 Å². The van der Waals surface area contributed by atoms with Crippen molar-refractivity contribution in [1.29, 1.82) is 0 Å². The zero-order valence-corrected chi connectivity index (χ0v) is 19.0. The van der Waals surface area contributed by atoms with Gasteiger partial charge in [-0.15, -0.1) is 0 Å². The van der Waals surface area contributed by atoms with Gasteiger partial charge in [0.15, 0.2) is 0 Å². The molecule has 1 aromatic heterocycles. The summed E-state index contributed by atoms with van der Waals surface area (Å²) in [5.41, 5.74) is 7.56. The van der Waals surface area contributed by atoms with Crippen LogP contribution in [-0.4, -0.2) is 26.0 Å². The Hall–Kier alpha value is -4.26. The molecular formula is C28H27N3O3. The minimum absolute atomic E-state index is 0. The SMILES string of the molecule is Cc1cc2ncnc(Nc3cc(-c4ccccc4)c(O)c(-c4ccccc4)c3)c2cc1C.O.O. The Kier molecular flexibility index (Phi) is 7.26. The molecule has 5 aromatic rings. The lowest BCUT2D eigenvalue weighted by atomic mass is 9.96. The molecule has 172 valence electrons. The number of phenols is 1. The molecule has 0 aliphatic carbocycles. The van der Waals surface area contributed by atoms with Gasteiger partial charge in [-0.25, -0.2) is 9.97 Å². The molecular weight excluding hydrogens is 426 g/mol. The van der Waals surface area contributed by atoms with Crippen molar-refractivity contribution in [1.82, 2.24) is 9.97 Å². The maximum absolute atomic E-state index is 11.2. The van der Waals surface area contributed by atoms with Gasteiger partial charge in [0.1, 0.15) is 17.9 Å². The zero-order chi connectivity index (χ0) is 22.1. The molecule has 0 bridgehead atoms. The highest BCUT2D eigenvalue weighted by atomic mass is 16.3. The third-order valence-corrected chi connectivity index (χ3v) is 5.79. The molecule has 0 amide bonds. The van der Waals surface area contributed by atoms with Crippen LogP contribution >= 0.6 is 0 Å². The summed E-state index contributed by atoms with van der Waals surface area (Å²) in [6.07, 6.45) is 1.58. The molecule has 0 radical (unpaired) electrons. The first-order chi connectivity index (χ1) is 15.6. The molecule has 0 aliphatic rings. The molecule has 0 saturated heterocycles. The maximum atomic E-state index is 11.2. The van der Waals surface area contributed by atoms with Crippen molar-refractivity contribution in [2.75, 3.05) is 5.32 Å². The van der Waals surface area contributed by atoms with E-state index in [1.165, 1.54) is 11.1 Å². The second-order valence-corrected chi connectivity index (χ2v) is 7.95. The van der Waals surface area contributed by atoms with Crippen molar-refractivity contribution in [3.05, 3.63) is 102 Å². The van der Waals surface area contributed by atoms with Crippen LogP contribution in [0.5, 0.6) is 5.75 Å². The summed E-state index contributed by atoms with van der Waals surface area (Å²) in [5.74, 6) is 0.994. The largest absolute Gasteiger partial charge is 0.507 e. The topological polar surface area (TPSA) is 121 Å². The number of nitrogens with one attached hydrogen (secondary N) is 1. The van der Waals surface area contributed by atoms with Gasteiger partial charge in [0.25, 0.3) is 0 Å². The van der Waals surface area contributed by atoms with E-state index < -0.39 is 0 Å². The molecule has 34 heavy (non-hydrogen) atoms. The van der Waals surface area contributed by atoms with Crippen LogP contribution in [0.2, 0.25) is 0 Å². The lowest BCUT2D eigenvalue weighted by molar-refractivity contribution is 0.479. The van der Waals surface area contributed by atoms with E-state index in [2.05, 4.69) is 41.3 Å². The van der Waals surface area contributed by atoms with Gasteiger partial charge >= 0.3 is 0 Å². The van der Waals surface area contributed by atoms with Crippen LogP contribution < -0.4 is 5.32 Å². The maximum Gasteiger partial charge on any atom is 0.141 e. The van der Waals surface area contributed by atoms with E-state index in [0.717, 1.165) is 44.7 Å².